The SMILES string of the molecule is CCOC(OCC)C(=O)C=CC=CC(=O)O. The molecule has 0 fully saturated rings. The first-order valence-corrected chi connectivity index (χ1v) is 4.96. The molecule has 0 bridgehead atoms. The summed E-state index contributed by atoms with van der Waals surface area (Å²) in [4.78, 5) is 21.6. The summed E-state index contributed by atoms with van der Waals surface area (Å²) in [5.74, 6) is -1.41. The van der Waals surface area contributed by atoms with Gasteiger partial charge < -0.3 is 14.6 Å². The van der Waals surface area contributed by atoms with Crippen LogP contribution in [0.15, 0.2) is 24.3 Å². The van der Waals surface area contributed by atoms with Gasteiger partial charge in [0.15, 0.2) is 0 Å². The highest BCUT2D eigenvalue weighted by atomic mass is 16.7. The quantitative estimate of drug-likeness (QED) is 0.383. The molecule has 0 aliphatic rings. The van der Waals surface area contributed by atoms with Gasteiger partial charge in [0.2, 0.25) is 12.1 Å². The average Bonchev–Trinajstić information content (AvgIpc) is 2.23. The molecule has 0 saturated heterocycles. The molecule has 0 aromatic rings. The van der Waals surface area contributed by atoms with Gasteiger partial charge in [0.05, 0.1) is 0 Å². The summed E-state index contributed by atoms with van der Waals surface area (Å²) in [6.45, 7) is 4.26. The molecule has 0 saturated carbocycles. The Balaban J connectivity index is 4.23. The zero-order valence-corrected chi connectivity index (χ0v) is 9.38. The predicted octanol–water partition coefficient (Wildman–Crippen LogP) is 1.15. The number of aliphatic carboxylic acids is 1. The molecule has 0 aliphatic heterocycles. The largest absolute Gasteiger partial charge is 0.478 e. The zero-order chi connectivity index (χ0) is 12.4. The molecule has 16 heavy (non-hydrogen) atoms. The highest BCUT2D eigenvalue weighted by Gasteiger charge is 2.14. The van der Waals surface area contributed by atoms with Crippen LogP contribution in [0.4, 0.5) is 0 Å². The molecule has 0 radical (unpaired) electrons. The van der Waals surface area contributed by atoms with Crippen LogP contribution in [0.2, 0.25) is 0 Å². The summed E-state index contributed by atoms with van der Waals surface area (Å²) >= 11 is 0. The van der Waals surface area contributed by atoms with Gasteiger partial charge in [-0.3, -0.25) is 4.79 Å². The van der Waals surface area contributed by atoms with Crippen molar-refractivity contribution in [3.05, 3.63) is 24.3 Å². The van der Waals surface area contributed by atoms with Gasteiger partial charge in [-0.25, -0.2) is 4.79 Å². The third kappa shape index (κ3) is 6.92. The standard InChI is InChI=1S/C11H16O5/c1-3-15-11(16-4-2)9(12)7-5-6-8-10(13)14/h5-8,11H,3-4H2,1-2H3,(H,13,14). The maximum Gasteiger partial charge on any atom is 0.328 e. The van der Waals surface area contributed by atoms with E-state index in [0.29, 0.717) is 13.2 Å². The second-order valence-electron chi connectivity index (χ2n) is 2.70. The molecular weight excluding hydrogens is 212 g/mol. The monoisotopic (exact) mass is 228 g/mol. The molecule has 0 aromatic carbocycles. The minimum Gasteiger partial charge on any atom is -0.478 e. The maximum atomic E-state index is 11.4. The van der Waals surface area contributed by atoms with Crippen LogP contribution >= 0.6 is 0 Å². The van der Waals surface area contributed by atoms with Crippen molar-refractivity contribution in [1.82, 2.24) is 0 Å². The van der Waals surface area contributed by atoms with Crippen LogP contribution in [0.25, 0.3) is 0 Å². The molecule has 90 valence electrons. The number of ether oxygens (including phenoxy) is 2. The Labute approximate surface area is 94.4 Å². The van der Waals surface area contributed by atoms with Crippen LogP contribution in [-0.4, -0.2) is 36.4 Å². The topological polar surface area (TPSA) is 72.8 Å². The van der Waals surface area contributed by atoms with Crippen molar-refractivity contribution in [3.8, 4) is 0 Å². The van der Waals surface area contributed by atoms with Crippen LogP contribution in [0.5, 0.6) is 0 Å². The normalized spacial score (nSPS) is 11.7. The molecule has 0 aromatic heterocycles. The van der Waals surface area contributed by atoms with Crippen LogP contribution in [0, 0.1) is 0 Å². The maximum absolute atomic E-state index is 11.4. The summed E-state index contributed by atoms with van der Waals surface area (Å²) in [5.41, 5.74) is 0. The smallest absolute Gasteiger partial charge is 0.328 e. The number of carbonyl (C=O) groups excluding carboxylic acids is 1. The number of ketones is 1. The van der Waals surface area contributed by atoms with Crippen molar-refractivity contribution in [2.75, 3.05) is 13.2 Å². The summed E-state index contributed by atoms with van der Waals surface area (Å²) in [7, 11) is 0. The van der Waals surface area contributed by atoms with Crippen LogP contribution in [0.1, 0.15) is 13.8 Å². The van der Waals surface area contributed by atoms with E-state index in [4.69, 9.17) is 14.6 Å². The highest BCUT2D eigenvalue weighted by Crippen LogP contribution is 1.98. The first-order chi connectivity index (χ1) is 7.61. The highest BCUT2D eigenvalue weighted by molar-refractivity contribution is 5.93. The molecule has 0 rings (SSSR count). The zero-order valence-electron chi connectivity index (χ0n) is 9.38. The van der Waals surface area contributed by atoms with Gasteiger partial charge in [-0.1, -0.05) is 12.2 Å². The lowest BCUT2D eigenvalue weighted by Gasteiger charge is -2.12. The van der Waals surface area contributed by atoms with Crippen molar-refractivity contribution >= 4 is 11.8 Å². The molecule has 0 unspecified atom stereocenters. The Morgan fingerprint density at radius 3 is 2.06 bits per heavy atom. The van der Waals surface area contributed by atoms with Gasteiger partial charge in [-0.05, 0) is 19.9 Å². The van der Waals surface area contributed by atoms with Crippen LogP contribution < -0.4 is 0 Å². The first-order valence-electron chi connectivity index (χ1n) is 4.96. The lowest BCUT2D eigenvalue weighted by Crippen LogP contribution is -2.26. The van der Waals surface area contributed by atoms with Gasteiger partial charge in [0, 0.05) is 19.3 Å². The molecule has 0 aliphatic carbocycles. The van der Waals surface area contributed by atoms with Crippen molar-refractivity contribution in [3.63, 3.8) is 0 Å². The van der Waals surface area contributed by atoms with E-state index in [9.17, 15) is 9.59 Å². The molecular formula is C11H16O5. The Morgan fingerprint density at radius 1 is 1.12 bits per heavy atom. The third-order valence-electron chi connectivity index (χ3n) is 1.48. The van der Waals surface area contributed by atoms with E-state index in [0.717, 1.165) is 6.08 Å². The molecule has 1 N–H and O–H groups in total. The number of carboxylic acid groups (broad SMARTS) is 1. The Kier molecular flexibility index (Phi) is 8.01. The molecule has 0 atom stereocenters. The predicted molar refractivity (Wildman–Crippen MR) is 58.0 cm³/mol. The Bertz CT molecular complexity index is 274. The first kappa shape index (κ1) is 14.5. The van der Waals surface area contributed by atoms with Gasteiger partial charge in [-0.2, -0.15) is 0 Å². The van der Waals surface area contributed by atoms with E-state index in [2.05, 4.69) is 0 Å². The van der Waals surface area contributed by atoms with Gasteiger partial charge in [-0.15, -0.1) is 0 Å². The van der Waals surface area contributed by atoms with Crippen LogP contribution in [0.3, 0.4) is 0 Å². The van der Waals surface area contributed by atoms with Crippen molar-refractivity contribution in [2.24, 2.45) is 0 Å². The van der Waals surface area contributed by atoms with Gasteiger partial charge in [0.1, 0.15) is 0 Å². The Morgan fingerprint density at radius 2 is 1.62 bits per heavy atom. The van der Waals surface area contributed by atoms with E-state index < -0.39 is 12.3 Å². The number of rotatable bonds is 8. The van der Waals surface area contributed by atoms with Crippen molar-refractivity contribution in [2.45, 2.75) is 20.1 Å². The molecule has 0 spiro atoms. The summed E-state index contributed by atoms with van der Waals surface area (Å²) in [5, 5.41) is 8.30. The van der Waals surface area contributed by atoms with E-state index in [1.54, 1.807) is 13.8 Å². The number of carboxylic acids is 1. The molecule has 5 nitrogen and oxygen atoms in total. The van der Waals surface area contributed by atoms with Gasteiger partial charge >= 0.3 is 5.97 Å². The lowest BCUT2D eigenvalue weighted by atomic mass is 10.3. The number of hydrogen-bond donors (Lipinski definition) is 1. The fraction of sp³-hybridized carbons (Fsp3) is 0.455. The average molecular weight is 228 g/mol. The van der Waals surface area contributed by atoms with Crippen LogP contribution in [-0.2, 0) is 19.1 Å². The van der Waals surface area contributed by atoms with E-state index in [1.807, 2.05) is 0 Å². The fourth-order valence-corrected chi connectivity index (χ4v) is 0.882. The summed E-state index contributed by atoms with van der Waals surface area (Å²) in [6, 6.07) is 0. The number of carbonyl (C=O) groups is 2. The summed E-state index contributed by atoms with van der Waals surface area (Å²) < 4.78 is 10.1. The lowest BCUT2D eigenvalue weighted by molar-refractivity contribution is -0.162. The molecule has 5 heteroatoms. The summed E-state index contributed by atoms with van der Waals surface area (Å²) in [6.07, 6.45) is 3.83. The van der Waals surface area contributed by atoms with E-state index in [1.165, 1.54) is 18.2 Å². The number of hydrogen-bond acceptors (Lipinski definition) is 4. The Hall–Kier alpha value is -1.46. The fourth-order valence-electron chi connectivity index (χ4n) is 0.882. The number of allylic oxidation sites excluding steroid dienone is 2. The van der Waals surface area contributed by atoms with Gasteiger partial charge in [0.25, 0.3) is 0 Å². The minimum atomic E-state index is -1.07. The van der Waals surface area contributed by atoms with Crippen molar-refractivity contribution < 1.29 is 24.2 Å². The minimum absolute atomic E-state index is 0.348. The second-order valence-corrected chi connectivity index (χ2v) is 2.70. The van der Waals surface area contributed by atoms with Crippen molar-refractivity contribution in [1.29, 1.82) is 0 Å². The van der Waals surface area contributed by atoms with E-state index >= 15 is 0 Å². The second kappa shape index (κ2) is 8.82. The molecule has 0 heterocycles. The van der Waals surface area contributed by atoms with E-state index in [-0.39, 0.29) is 5.78 Å². The molecule has 0 amide bonds. The third-order valence-corrected chi connectivity index (χ3v) is 1.48.